The van der Waals surface area contributed by atoms with Gasteiger partial charge < -0.3 is 9.47 Å². The van der Waals surface area contributed by atoms with Gasteiger partial charge in [-0.05, 0) is 55.3 Å². The van der Waals surface area contributed by atoms with Crippen LogP contribution >= 0.6 is 22.9 Å². The number of hydrogen-bond donors (Lipinski definition) is 0. The molecule has 0 saturated carbocycles. The van der Waals surface area contributed by atoms with E-state index in [9.17, 15) is 9.59 Å². The Labute approximate surface area is 192 Å². The Morgan fingerprint density at radius 2 is 1.75 bits per heavy atom. The van der Waals surface area contributed by atoms with Gasteiger partial charge in [0.1, 0.15) is 5.69 Å². The lowest BCUT2D eigenvalue weighted by Gasteiger charge is -2.11. The maximum atomic E-state index is 12.9. The minimum atomic E-state index is -0.451. The Bertz CT molecular complexity index is 1430. The Morgan fingerprint density at radius 3 is 2.47 bits per heavy atom. The molecule has 9 heteroatoms. The highest BCUT2D eigenvalue weighted by Gasteiger charge is 2.12. The van der Waals surface area contributed by atoms with Crippen molar-refractivity contribution in [3.63, 3.8) is 0 Å². The van der Waals surface area contributed by atoms with Crippen molar-refractivity contribution >= 4 is 34.0 Å². The van der Waals surface area contributed by atoms with E-state index in [0.29, 0.717) is 34.3 Å². The van der Waals surface area contributed by atoms with Crippen molar-refractivity contribution in [2.45, 2.75) is 20.3 Å². The Hall–Kier alpha value is -3.23. The molecule has 2 aromatic carbocycles. The van der Waals surface area contributed by atoms with Crippen LogP contribution in [0.2, 0.25) is 5.02 Å². The number of rotatable bonds is 7. The van der Waals surface area contributed by atoms with E-state index in [1.807, 2.05) is 44.2 Å². The first-order chi connectivity index (χ1) is 15.5. The Kier molecular flexibility index (Phi) is 6.53. The van der Waals surface area contributed by atoms with Gasteiger partial charge in [-0.3, -0.25) is 9.59 Å². The summed E-state index contributed by atoms with van der Waals surface area (Å²) >= 11 is 7.03. The predicted octanol–water partition coefficient (Wildman–Crippen LogP) is 3.10. The van der Waals surface area contributed by atoms with E-state index in [-0.39, 0.29) is 22.6 Å². The average Bonchev–Trinajstić information content (AvgIpc) is 3.06. The molecule has 0 unspecified atom stereocenters. The van der Waals surface area contributed by atoms with Crippen LogP contribution in [0.3, 0.4) is 0 Å². The van der Waals surface area contributed by atoms with Crippen LogP contribution in [0.15, 0.2) is 52.1 Å². The van der Waals surface area contributed by atoms with E-state index in [1.165, 1.54) is 4.52 Å². The van der Waals surface area contributed by atoms with Gasteiger partial charge in [0.05, 0.1) is 17.7 Å². The van der Waals surface area contributed by atoms with E-state index in [1.54, 1.807) is 18.2 Å². The number of thiazole rings is 1. The molecule has 2 aromatic heterocycles. The number of nitrogens with zero attached hydrogens (tertiary/aromatic N) is 3. The molecular formula is C23H20ClN3O4S. The highest BCUT2D eigenvalue weighted by molar-refractivity contribution is 7.15. The van der Waals surface area contributed by atoms with E-state index in [2.05, 4.69) is 10.1 Å². The van der Waals surface area contributed by atoms with Crippen LogP contribution in [0.1, 0.15) is 30.7 Å². The Balaban J connectivity index is 1.74. The lowest BCUT2D eigenvalue weighted by atomic mass is 10.1. The maximum Gasteiger partial charge on any atom is 0.296 e. The molecule has 0 spiro atoms. The van der Waals surface area contributed by atoms with Crippen LogP contribution in [-0.2, 0) is 6.42 Å². The molecule has 0 amide bonds. The van der Waals surface area contributed by atoms with Crippen molar-refractivity contribution in [1.29, 1.82) is 0 Å². The third-order valence-corrected chi connectivity index (χ3v) is 5.81. The fourth-order valence-electron chi connectivity index (χ4n) is 3.16. The predicted molar refractivity (Wildman–Crippen MR) is 125 cm³/mol. The number of aromatic nitrogens is 3. The van der Waals surface area contributed by atoms with E-state index >= 15 is 0 Å². The molecule has 0 radical (unpaired) electrons. The van der Waals surface area contributed by atoms with Crippen LogP contribution in [0, 0.1) is 0 Å². The van der Waals surface area contributed by atoms with Crippen molar-refractivity contribution in [1.82, 2.24) is 14.6 Å². The van der Waals surface area contributed by atoms with Gasteiger partial charge in [-0.2, -0.15) is 14.6 Å². The maximum absolute atomic E-state index is 12.9. The lowest BCUT2D eigenvalue weighted by molar-refractivity contribution is 0.287. The summed E-state index contributed by atoms with van der Waals surface area (Å²) in [6.45, 7) is 4.81. The molecule has 0 saturated heterocycles. The molecule has 32 heavy (non-hydrogen) atoms. The molecule has 7 nitrogen and oxygen atoms in total. The minimum Gasteiger partial charge on any atom is -0.490 e. The van der Waals surface area contributed by atoms with Gasteiger partial charge in [0.25, 0.3) is 11.1 Å². The fraction of sp³-hybridized carbons (Fsp3) is 0.217. The SMILES string of the molecule is CCOc1ccc(/C=c2\sc3nc(=O)c(Cc4ccc(Cl)cc4)nn3c2=O)cc1OCC. The third-order valence-electron chi connectivity index (χ3n) is 4.60. The molecule has 0 fully saturated rings. The van der Waals surface area contributed by atoms with Crippen molar-refractivity contribution in [2.24, 2.45) is 0 Å². The van der Waals surface area contributed by atoms with Gasteiger partial charge in [0.2, 0.25) is 4.96 Å². The number of benzene rings is 2. The summed E-state index contributed by atoms with van der Waals surface area (Å²) in [6.07, 6.45) is 1.99. The molecule has 0 aliphatic carbocycles. The van der Waals surface area contributed by atoms with Crippen LogP contribution in [0.5, 0.6) is 11.5 Å². The van der Waals surface area contributed by atoms with Gasteiger partial charge in [-0.15, -0.1) is 0 Å². The summed E-state index contributed by atoms with van der Waals surface area (Å²) in [4.78, 5) is 29.7. The summed E-state index contributed by atoms with van der Waals surface area (Å²) < 4.78 is 12.8. The first-order valence-corrected chi connectivity index (χ1v) is 11.3. The van der Waals surface area contributed by atoms with Crippen molar-refractivity contribution < 1.29 is 9.47 Å². The van der Waals surface area contributed by atoms with E-state index < -0.39 is 5.56 Å². The summed E-state index contributed by atoms with van der Waals surface area (Å²) in [5.74, 6) is 1.25. The first-order valence-electron chi connectivity index (χ1n) is 10.1. The largest absolute Gasteiger partial charge is 0.490 e. The molecule has 0 aliphatic heterocycles. The molecular weight excluding hydrogens is 450 g/mol. The Morgan fingerprint density at radius 1 is 1.03 bits per heavy atom. The first kappa shape index (κ1) is 22.0. The lowest BCUT2D eigenvalue weighted by Crippen LogP contribution is -2.28. The molecule has 164 valence electrons. The zero-order valence-electron chi connectivity index (χ0n) is 17.5. The summed E-state index contributed by atoms with van der Waals surface area (Å²) in [5.41, 5.74) is 1.04. The van der Waals surface area contributed by atoms with E-state index in [0.717, 1.165) is 22.5 Å². The number of fused-ring (bicyclic) bond motifs is 1. The molecule has 0 aliphatic rings. The van der Waals surface area contributed by atoms with Gasteiger partial charge in [-0.1, -0.05) is 41.1 Å². The average molecular weight is 470 g/mol. The molecule has 0 atom stereocenters. The second-order valence-electron chi connectivity index (χ2n) is 6.85. The molecule has 4 rings (SSSR count). The third kappa shape index (κ3) is 4.66. The van der Waals surface area contributed by atoms with Crippen molar-refractivity contribution in [3.05, 3.63) is 89.5 Å². The van der Waals surface area contributed by atoms with Crippen LogP contribution in [-0.4, -0.2) is 27.8 Å². The molecule has 0 bridgehead atoms. The zero-order chi connectivity index (χ0) is 22.7. The number of hydrogen-bond acceptors (Lipinski definition) is 7. The van der Waals surface area contributed by atoms with Crippen LogP contribution < -0.4 is 25.1 Å². The normalized spacial score (nSPS) is 11.8. The van der Waals surface area contributed by atoms with Gasteiger partial charge in [0, 0.05) is 11.4 Å². The summed E-state index contributed by atoms with van der Waals surface area (Å²) in [6, 6.07) is 12.6. The highest BCUT2D eigenvalue weighted by atomic mass is 35.5. The molecule has 2 heterocycles. The van der Waals surface area contributed by atoms with E-state index in [4.69, 9.17) is 21.1 Å². The molecule has 0 N–H and O–H groups in total. The second-order valence-corrected chi connectivity index (χ2v) is 8.29. The zero-order valence-corrected chi connectivity index (χ0v) is 19.1. The number of ether oxygens (including phenoxy) is 2. The number of halogens is 1. The van der Waals surface area contributed by atoms with Crippen molar-refractivity contribution in [2.75, 3.05) is 13.2 Å². The second kappa shape index (κ2) is 9.50. The quantitative estimate of drug-likeness (QED) is 0.413. The fourth-order valence-corrected chi connectivity index (χ4v) is 4.19. The van der Waals surface area contributed by atoms with Gasteiger partial charge in [0.15, 0.2) is 11.5 Å². The standard InChI is InChI=1S/C23H20ClN3O4S/c1-3-30-18-10-7-15(12-19(18)31-4-2)13-20-22(29)27-23(32-20)25-21(28)17(26-27)11-14-5-8-16(24)9-6-14/h5-10,12-13H,3-4,11H2,1-2H3/b20-13-. The topological polar surface area (TPSA) is 82.8 Å². The summed E-state index contributed by atoms with van der Waals surface area (Å²) in [7, 11) is 0. The van der Waals surface area contributed by atoms with Crippen LogP contribution in [0.25, 0.3) is 11.0 Å². The highest BCUT2D eigenvalue weighted by Crippen LogP contribution is 2.28. The van der Waals surface area contributed by atoms with Gasteiger partial charge >= 0.3 is 0 Å². The minimum absolute atomic E-state index is 0.200. The summed E-state index contributed by atoms with van der Waals surface area (Å²) in [5, 5.41) is 4.89. The van der Waals surface area contributed by atoms with Crippen LogP contribution in [0.4, 0.5) is 0 Å². The van der Waals surface area contributed by atoms with Gasteiger partial charge in [-0.25, -0.2) is 0 Å². The monoisotopic (exact) mass is 469 g/mol. The molecule has 4 aromatic rings. The smallest absolute Gasteiger partial charge is 0.296 e. The van der Waals surface area contributed by atoms with Crippen molar-refractivity contribution in [3.8, 4) is 11.5 Å².